The zero-order chi connectivity index (χ0) is 15.1. The number of imidazole rings is 1. The highest BCUT2D eigenvalue weighted by Gasteiger charge is 2.18. The van der Waals surface area contributed by atoms with E-state index >= 15 is 0 Å². The van der Waals surface area contributed by atoms with E-state index < -0.39 is 0 Å². The molecule has 4 rings (SSSR count). The number of hydrogen-bond donors (Lipinski definition) is 1. The molecule has 4 aromatic rings. The van der Waals surface area contributed by atoms with Gasteiger partial charge >= 0.3 is 0 Å². The van der Waals surface area contributed by atoms with Crippen LogP contribution in [0.3, 0.4) is 0 Å². The van der Waals surface area contributed by atoms with Gasteiger partial charge in [0.25, 0.3) is 0 Å². The van der Waals surface area contributed by atoms with E-state index in [0.717, 1.165) is 33.4 Å². The predicted molar refractivity (Wildman–Crippen MR) is 88.8 cm³/mol. The van der Waals surface area contributed by atoms with Crippen LogP contribution < -0.4 is 5.73 Å². The molecular weight excluding hydrogens is 294 g/mol. The van der Waals surface area contributed by atoms with Crippen molar-refractivity contribution in [3.63, 3.8) is 0 Å². The molecule has 1 aromatic carbocycles. The lowest BCUT2D eigenvalue weighted by molar-refractivity contribution is 0.579. The van der Waals surface area contributed by atoms with Crippen molar-refractivity contribution in [2.24, 2.45) is 5.73 Å². The number of benzene rings is 1. The molecule has 110 valence electrons. The molecule has 0 atom stereocenters. The molecule has 0 saturated carbocycles. The molecule has 22 heavy (non-hydrogen) atoms. The van der Waals surface area contributed by atoms with Crippen LogP contribution in [0.5, 0.6) is 0 Å². The van der Waals surface area contributed by atoms with Crippen molar-refractivity contribution in [3.05, 3.63) is 59.3 Å². The van der Waals surface area contributed by atoms with E-state index in [-0.39, 0.29) is 0 Å². The van der Waals surface area contributed by atoms with E-state index in [1.54, 1.807) is 17.6 Å². The Bertz CT molecular complexity index is 917. The fraction of sp³-hybridized carbons (Fsp3) is 0.118. The Kier molecular flexibility index (Phi) is 3.10. The first-order valence-electron chi connectivity index (χ1n) is 7.07. The second-order valence-corrected chi connectivity index (χ2v) is 6.03. The second kappa shape index (κ2) is 5.12. The van der Waals surface area contributed by atoms with Crippen LogP contribution in [0, 0.1) is 6.92 Å². The number of aromatic nitrogens is 2. The molecule has 0 aliphatic rings. The molecule has 0 aliphatic carbocycles. The van der Waals surface area contributed by atoms with Gasteiger partial charge in [-0.1, -0.05) is 29.8 Å². The summed E-state index contributed by atoms with van der Waals surface area (Å²) in [6.07, 6.45) is 1.68. The first-order chi connectivity index (χ1) is 10.8. The molecule has 3 aromatic heterocycles. The van der Waals surface area contributed by atoms with E-state index in [1.807, 2.05) is 12.1 Å². The van der Waals surface area contributed by atoms with Crippen LogP contribution in [0.25, 0.3) is 27.7 Å². The number of hydrogen-bond acceptors (Lipinski definition) is 4. The van der Waals surface area contributed by atoms with Crippen LogP contribution in [-0.4, -0.2) is 9.38 Å². The highest BCUT2D eigenvalue weighted by atomic mass is 32.1. The van der Waals surface area contributed by atoms with Crippen molar-refractivity contribution in [1.29, 1.82) is 0 Å². The molecule has 0 spiro atoms. The Morgan fingerprint density at radius 3 is 2.73 bits per heavy atom. The second-order valence-electron chi connectivity index (χ2n) is 5.19. The maximum absolute atomic E-state index is 6.02. The van der Waals surface area contributed by atoms with Crippen molar-refractivity contribution in [3.8, 4) is 22.7 Å². The smallest absolute Gasteiger partial charge is 0.195 e. The van der Waals surface area contributed by atoms with Gasteiger partial charge in [-0.25, -0.2) is 4.98 Å². The Labute approximate surface area is 131 Å². The summed E-state index contributed by atoms with van der Waals surface area (Å²) in [6.45, 7) is 2.50. The zero-order valence-corrected chi connectivity index (χ0v) is 12.9. The zero-order valence-electron chi connectivity index (χ0n) is 12.1. The van der Waals surface area contributed by atoms with Gasteiger partial charge in [-0.15, -0.1) is 11.3 Å². The topological polar surface area (TPSA) is 56.5 Å². The summed E-state index contributed by atoms with van der Waals surface area (Å²) < 4.78 is 7.63. The van der Waals surface area contributed by atoms with Gasteiger partial charge < -0.3 is 10.2 Å². The average molecular weight is 309 g/mol. The van der Waals surface area contributed by atoms with E-state index in [4.69, 9.17) is 15.1 Å². The molecule has 0 radical (unpaired) electrons. The number of fused-ring (bicyclic) bond motifs is 1. The lowest BCUT2D eigenvalue weighted by Gasteiger charge is -2.04. The molecule has 2 N–H and O–H groups in total. The van der Waals surface area contributed by atoms with Crippen LogP contribution in [0.4, 0.5) is 0 Å². The minimum atomic E-state index is 0.425. The maximum atomic E-state index is 6.02. The third kappa shape index (κ3) is 1.98. The molecule has 0 fully saturated rings. The summed E-state index contributed by atoms with van der Waals surface area (Å²) in [5.74, 6) is 0.828. The Morgan fingerprint density at radius 2 is 2.05 bits per heavy atom. The molecule has 0 unspecified atom stereocenters. The van der Waals surface area contributed by atoms with Crippen molar-refractivity contribution in [2.75, 3.05) is 0 Å². The molecule has 4 nitrogen and oxygen atoms in total. The number of nitrogens with two attached hydrogens (primary N) is 1. The SMILES string of the molecule is Cc1ccc(-c2nc3scc(-c4ccco4)n3c2CN)cc1. The van der Waals surface area contributed by atoms with Gasteiger partial charge in [0.2, 0.25) is 0 Å². The van der Waals surface area contributed by atoms with Crippen LogP contribution in [0.2, 0.25) is 0 Å². The van der Waals surface area contributed by atoms with Gasteiger partial charge in [-0.2, -0.15) is 0 Å². The summed E-state index contributed by atoms with van der Waals surface area (Å²) >= 11 is 1.60. The van der Waals surface area contributed by atoms with E-state index in [2.05, 4.69) is 41.0 Å². The van der Waals surface area contributed by atoms with Crippen LogP contribution in [0.15, 0.2) is 52.5 Å². The summed E-state index contributed by atoms with van der Waals surface area (Å²) in [5.41, 5.74) is 11.3. The summed E-state index contributed by atoms with van der Waals surface area (Å²) in [6, 6.07) is 12.2. The number of furan rings is 1. The van der Waals surface area contributed by atoms with Crippen molar-refractivity contribution in [1.82, 2.24) is 9.38 Å². The minimum Gasteiger partial charge on any atom is -0.463 e. The van der Waals surface area contributed by atoms with Crippen LogP contribution >= 0.6 is 11.3 Å². The summed E-state index contributed by atoms with van der Waals surface area (Å²) in [4.78, 5) is 5.71. The third-order valence-electron chi connectivity index (χ3n) is 3.75. The van der Waals surface area contributed by atoms with Crippen LogP contribution in [-0.2, 0) is 6.54 Å². The summed E-state index contributed by atoms with van der Waals surface area (Å²) in [5, 5.41) is 2.05. The largest absolute Gasteiger partial charge is 0.463 e. The lowest BCUT2D eigenvalue weighted by atomic mass is 10.1. The van der Waals surface area contributed by atoms with Gasteiger partial charge in [-0.3, -0.25) is 4.40 Å². The van der Waals surface area contributed by atoms with Gasteiger partial charge in [0.15, 0.2) is 10.7 Å². The van der Waals surface area contributed by atoms with Gasteiger partial charge in [-0.05, 0) is 19.1 Å². The molecule has 0 saturated heterocycles. The highest BCUT2D eigenvalue weighted by Crippen LogP contribution is 2.32. The Morgan fingerprint density at radius 1 is 1.23 bits per heavy atom. The quantitative estimate of drug-likeness (QED) is 0.620. The van der Waals surface area contributed by atoms with Crippen molar-refractivity contribution < 1.29 is 4.42 Å². The highest BCUT2D eigenvalue weighted by molar-refractivity contribution is 7.15. The predicted octanol–water partition coefficient (Wildman–Crippen LogP) is 4.09. The first-order valence-corrected chi connectivity index (χ1v) is 7.95. The molecule has 0 bridgehead atoms. The molecular formula is C17H15N3OS. The summed E-state index contributed by atoms with van der Waals surface area (Å²) in [7, 11) is 0. The van der Waals surface area contributed by atoms with Crippen molar-refractivity contribution in [2.45, 2.75) is 13.5 Å². The number of aryl methyl sites for hydroxylation is 1. The number of rotatable bonds is 3. The number of thiazole rings is 1. The van der Waals surface area contributed by atoms with E-state index in [9.17, 15) is 0 Å². The molecule has 5 heteroatoms. The number of nitrogens with zero attached hydrogens (tertiary/aromatic N) is 2. The Balaban J connectivity index is 1.96. The standard InChI is InChI=1S/C17H15N3OS/c1-11-4-6-12(7-5-11)16-13(9-18)20-14(10-22-17(20)19-16)15-3-2-8-21-15/h2-8,10H,9,18H2,1H3. The van der Waals surface area contributed by atoms with Gasteiger partial charge in [0.1, 0.15) is 5.69 Å². The molecule has 0 aliphatic heterocycles. The third-order valence-corrected chi connectivity index (χ3v) is 4.58. The van der Waals surface area contributed by atoms with Crippen LogP contribution in [0.1, 0.15) is 11.3 Å². The lowest BCUT2D eigenvalue weighted by Crippen LogP contribution is -2.03. The van der Waals surface area contributed by atoms with Gasteiger partial charge in [0.05, 0.1) is 17.7 Å². The fourth-order valence-corrected chi connectivity index (χ4v) is 3.54. The maximum Gasteiger partial charge on any atom is 0.195 e. The average Bonchev–Trinajstić information content (AvgIpc) is 3.23. The minimum absolute atomic E-state index is 0.425. The molecule has 3 heterocycles. The normalized spacial score (nSPS) is 11.4. The molecule has 0 amide bonds. The van der Waals surface area contributed by atoms with E-state index in [0.29, 0.717) is 6.54 Å². The first kappa shape index (κ1) is 13.3. The van der Waals surface area contributed by atoms with Gasteiger partial charge in [0, 0.05) is 17.5 Å². The van der Waals surface area contributed by atoms with E-state index in [1.165, 1.54) is 5.56 Å². The monoisotopic (exact) mass is 309 g/mol. The Hall–Kier alpha value is -2.37. The fourth-order valence-electron chi connectivity index (χ4n) is 2.64. The van der Waals surface area contributed by atoms with Crippen molar-refractivity contribution >= 4 is 16.3 Å².